The van der Waals surface area contributed by atoms with E-state index in [-0.39, 0.29) is 35.8 Å². The first-order valence-corrected chi connectivity index (χ1v) is 7.32. The van der Waals surface area contributed by atoms with Crippen LogP contribution in [0.5, 0.6) is 0 Å². The van der Waals surface area contributed by atoms with Crippen LogP contribution in [0.2, 0.25) is 0 Å². The molecule has 0 saturated heterocycles. The molecule has 4 heteroatoms. The second kappa shape index (κ2) is 8.40. The van der Waals surface area contributed by atoms with E-state index >= 15 is 0 Å². The smallest absolute Gasteiger partial charge is 0.220 e. The first-order valence-electron chi connectivity index (χ1n) is 7.32. The van der Waals surface area contributed by atoms with Crippen molar-refractivity contribution in [2.75, 3.05) is 0 Å². The molecule has 0 bridgehead atoms. The van der Waals surface area contributed by atoms with Crippen molar-refractivity contribution >= 4 is 18.3 Å². The third-order valence-corrected chi connectivity index (χ3v) is 3.50. The summed E-state index contributed by atoms with van der Waals surface area (Å²) in [5, 5.41) is 3.17. The summed E-state index contributed by atoms with van der Waals surface area (Å²) in [4.78, 5) is 12.1. The van der Waals surface area contributed by atoms with Gasteiger partial charge in [-0.15, -0.1) is 12.4 Å². The van der Waals surface area contributed by atoms with Crippen molar-refractivity contribution in [3.63, 3.8) is 0 Å². The average molecular weight is 313 g/mol. The van der Waals surface area contributed by atoms with Gasteiger partial charge < -0.3 is 11.1 Å². The third kappa shape index (κ3) is 6.49. The van der Waals surface area contributed by atoms with Gasteiger partial charge in [0.1, 0.15) is 0 Å². The Labute approximate surface area is 135 Å². The van der Waals surface area contributed by atoms with Crippen molar-refractivity contribution in [2.45, 2.75) is 59.5 Å². The molecule has 0 spiro atoms. The van der Waals surface area contributed by atoms with Gasteiger partial charge in [-0.05, 0) is 36.8 Å². The number of hydrogen-bond donors (Lipinski definition) is 2. The Bertz CT molecular complexity index is 452. The molecule has 1 aromatic carbocycles. The molecule has 0 heterocycles. The van der Waals surface area contributed by atoms with Crippen LogP contribution in [0.1, 0.15) is 57.7 Å². The number of aryl methyl sites for hydroxylation is 1. The second-order valence-electron chi connectivity index (χ2n) is 6.74. The number of carbonyl (C=O) groups excluding carboxylic acids is 1. The largest absolute Gasteiger partial charge is 0.349 e. The maximum absolute atomic E-state index is 12.1. The SMILES string of the molecule is Cc1ccccc1C(NC(=O)CCC(C)N)C(C)(C)C.Cl. The number of hydrogen-bond acceptors (Lipinski definition) is 2. The van der Waals surface area contributed by atoms with E-state index in [1.165, 1.54) is 11.1 Å². The van der Waals surface area contributed by atoms with Gasteiger partial charge >= 0.3 is 0 Å². The Hall–Kier alpha value is -1.06. The number of rotatable bonds is 5. The van der Waals surface area contributed by atoms with Gasteiger partial charge in [0.2, 0.25) is 5.91 Å². The van der Waals surface area contributed by atoms with Gasteiger partial charge in [0, 0.05) is 12.5 Å². The molecule has 1 aromatic rings. The van der Waals surface area contributed by atoms with Crippen molar-refractivity contribution in [3.8, 4) is 0 Å². The van der Waals surface area contributed by atoms with Crippen LogP contribution < -0.4 is 11.1 Å². The van der Waals surface area contributed by atoms with Crippen LogP contribution in [0, 0.1) is 12.3 Å². The number of nitrogens with two attached hydrogens (primary N) is 1. The number of halogens is 1. The summed E-state index contributed by atoms with van der Waals surface area (Å²) in [6.07, 6.45) is 1.20. The second-order valence-corrected chi connectivity index (χ2v) is 6.74. The molecule has 0 fully saturated rings. The molecular formula is C17H29ClN2O. The van der Waals surface area contributed by atoms with Crippen LogP contribution in [-0.4, -0.2) is 11.9 Å². The van der Waals surface area contributed by atoms with Crippen LogP contribution in [0.4, 0.5) is 0 Å². The van der Waals surface area contributed by atoms with Gasteiger partial charge in [0.15, 0.2) is 0 Å². The van der Waals surface area contributed by atoms with Crippen LogP contribution in [0.3, 0.4) is 0 Å². The van der Waals surface area contributed by atoms with E-state index in [2.05, 4.69) is 45.1 Å². The van der Waals surface area contributed by atoms with Crippen molar-refractivity contribution in [3.05, 3.63) is 35.4 Å². The van der Waals surface area contributed by atoms with E-state index in [9.17, 15) is 4.79 Å². The van der Waals surface area contributed by atoms with Crippen molar-refractivity contribution < 1.29 is 4.79 Å². The summed E-state index contributed by atoms with van der Waals surface area (Å²) in [6, 6.07) is 8.31. The molecule has 3 nitrogen and oxygen atoms in total. The van der Waals surface area contributed by atoms with E-state index in [4.69, 9.17) is 5.73 Å². The van der Waals surface area contributed by atoms with Crippen LogP contribution in [0.15, 0.2) is 24.3 Å². The zero-order valence-corrected chi connectivity index (χ0v) is 14.6. The van der Waals surface area contributed by atoms with Gasteiger partial charge in [0.05, 0.1) is 6.04 Å². The minimum atomic E-state index is -0.0316. The number of carbonyl (C=O) groups is 1. The summed E-state index contributed by atoms with van der Waals surface area (Å²) in [7, 11) is 0. The molecule has 0 aromatic heterocycles. The quantitative estimate of drug-likeness (QED) is 0.870. The lowest BCUT2D eigenvalue weighted by molar-refractivity contribution is -0.122. The maximum Gasteiger partial charge on any atom is 0.220 e. The van der Waals surface area contributed by atoms with Gasteiger partial charge in [-0.25, -0.2) is 0 Å². The highest BCUT2D eigenvalue weighted by Crippen LogP contribution is 2.34. The highest BCUT2D eigenvalue weighted by molar-refractivity contribution is 5.85. The molecule has 2 atom stereocenters. The normalized spacial score (nSPS) is 14.0. The maximum atomic E-state index is 12.1. The molecule has 1 rings (SSSR count). The third-order valence-electron chi connectivity index (χ3n) is 3.50. The summed E-state index contributed by atoms with van der Waals surface area (Å²) in [6.45, 7) is 10.5. The number of benzene rings is 1. The Kier molecular flexibility index (Phi) is 7.98. The lowest BCUT2D eigenvalue weighted by Gasteiger charge is -2.33. The molecule has 0 radical (unpaired) electrons. The summed E-state index contributed by atoms with van der Waals surface area (Å²) in [5.41, 5.74) is 8.08. The lowest BCUT2D eigenvalue weighted by Crippen LogP contribution is -2.37. The standard InChI is InChI=1S/C17H28N2O.ClH/c1-12-8-6-7-9-14(12)16(17(3,4)5)19-15(20)11-10-13(2)18;/h6-9,13,16H,10-11,18H2,1-5H3,(H,19,20);1H. The Morgan fingerprint density at radius 1 is 1.29 bits per heavy atom. The lowest BCUT2D eigenvalue weighted by atomic mass is 9.80. The Balaban J connectivity index is 0.00000400. The minimum Gasteiger partial charge on any atom is -0.349 e. The highest BCUT2D eigenvalue weighted by atomic mass is 35.5. The first-order chi connectivity index (χ1) is 9.21. The molecule has 2 unspecified atom stereocenters. The van der Waals surface area contributed by atoms with Gasteiger partial charge in [-0.1, -0.05) is 45.0 Å². The summed E-state index contributed by atoms with van der Waals surface area (Å²) in [5.74, 6) is 0.0745. The van der Waals surface area contributed by atoms with Gasteiger partial charge in [-0.2, -0.15) is 0 Å². The van der Waals surface area contributed by atoms with Crippen molar-refractivity contribution in [1.29, 1.82) is 0 Å². The van der Waals surface area contributed by atoms with Crippen molar-refractivity contribution in [1.82, 2.24) is 5.32 Å². The molecule has 0 aliphatic heterocycles. The summed E-state index contributed by atoms with van der Waals surface area (Å²) >= 11 is 0. The molecule has 0 aliphatic rings. The molecular weight excluding hydrogens is 284 g/mol. The molecule has 0 saturated carbocycles. The molecule has 1 amide bonds. The van der Waals surface area contributed by atoms with E-state index in [0.717, 1.165) is 6.42 Å². The van der Waals surface area contributed by atoms with E-state index < -0.39 is 0 Å². The van der Waals surface area contributed by atoms with E-state index in [1.807, 2.05) is 19.1 Å². The van der Waals surface area contributed by atoms with E-state index in [1.54, 1.807) is 0 Å². The van der Waals surface area contributed by atoms with Crippen molar-refractivity contribution in [2.24, 2.45) is 11.1 Å². The Morgan fingerprint density at radius 2 is 1.86 bits per heavy atom. The van der Waals surface area contributed by atoms with Gasteiger partial charge in [-0.3, -0.25) is 4.79 Å². The fourth-order valence-electron chi connectivity index (χ4n) is 2.26. The monoisotopic (exact) mass is 312 g/mol. The van der Waals surface area contributed by atoms with E-state index in [0.29, 0.717) is 6.42 Å². The molecule has 0 aliphatic carbocycles. The molecule has 3 N–H and O–H groups in total. The zero-order valence-electron chi connectivity index (χ0n) is 13.8. The fourth-order valence-corrected chi connectivity index (χ4v) is 2.26. The van der Waals surface area contributed by atoms with Crippen LogP contribution in [0.25, 0.3) is 0 Å². The van der Waals surface area contributed by atoms with Gasteiger partial charge in [0.25, 0.3) is 0 Å². The summed E-state index contributed by atoms with van der Waals surface area (Å²) < 4.78 is 0. The predicted molar refractivity (Wildman–Crippen MR) is 91.6 cm³/mol. The topological polar surface area (TPSA) is 55.1 Å². The van der Waals surface area contributed by atoms with Crippen LogP contribution >= 0.6 is 12.4 Å². The average Bonchev–Trinajstić information content (AvgIpc) is 2.33. The molecule has 120 valence electrons. The zero-order chi connectivity index (χ0) is 15.3. The highest BCUT2D eigenvalue weighted by Gasteiger charge is 2.28. The predicted octanol–water partition coefficient (Wildman–Crippen LogP) is 3.75. The number of amides is 1. The molecule has 21 heavy (non-hydrogen) atoms. The van der Waals surface area contributed by atoms with Crippen LogP contribution in [-0.2, 0) is 4.79 Å². The Morgan fingerprint density at radius 3 is 2.33 bits per heavy atom. The minimum absolute atomic E-state index is 0. The first kappa shape index (κ1) is 19.9. The fraction of sp³-hybridized carbons (Fsp3) is 0.588. The number of nitrogens with one attached hydrogen (secondary N) is 1.